The van der Waals surface area contributed by atoms with Crippen molar-refractivity contribution in [1.82, 2.24) is 5.32 Å². The van der Waals surface area contributed by atoms with Crippen LogP contribution < -0.4 is 10.1 Å². The first-order valence-corrected chi connectivity index (χ1v) is 8.46. The minimum atomic E-state index is 0.360. The maximum Gasteiger partial charge on any atom is 0.138 e. The Morgan fingerprint density at radius 2 is 2.00 bits per heavy atom. The number of hydrogen-bond donors (Lipinski definition) is 1. The van der Waals surface area contributed by atoms with Crippen molar-refractivity contribution in [2.45, 2.75) is 32.1 Å². The Morgan fingerprint density at radius 3 is 2.74 bits per heavy atom. The van der Waals surface area contributed by atoms with Gasteiger partial charge in [-0.05, 0) is 36.1 Å². The molecule has 0 radical (unpaired) electrons. The summed E-state index contributed by atoms with van der Waals surface area (Å²) in [6, 6.07) is 16.0. The summed E-state index contributed by atoms with van der Waals surface area (Å²) in [5.41, 5.74) is 2.28. The van der Waals surface area contributed by atoms with Gasteiger partial charge in [0, 0.05) is 19.7 Å². The molecule has 122 valence electrons. The summed E-state index contributed by atoms with van der Waals surface area (Å²) in [7, 11) is 0. The molecule has 0 amide bonds. The molecule has 0 aliphatic carbocycles. The molecule has 1 fully saturated rings. The monoisotopic (exact) mass is 331 g/mol. The van der Waals surface area contributed by atoms with Crippen LogP contribution in [0.25, 0.3) is 0 Å². The van der Waals surface area contributed by atoms with E-state index in [0.717, 1.165) is 43.0 Å². The van der Waals surface area contributed by atoms with Crippen molar-refractivity contribution in [3.63, 3.8) is 0 Å². The van der Waals surface area contributed by atoms with Gasteiger partial charge in [-0.15, -0.1) is 0 Å². The third-order valence-corrected chi connectivity index (χ3v) is 4.25. The summed E-state index contributed by atoms with van der Waals surface area (Å²) < 4.78 is 11.4. The highest BCUT2D eigenvalue weighted by Gasteiger charge is 2.14. The third-order valence-electron chi connectivity index (χ3n) is 3.96. The molecule has 0 saturated carbocycles. The zero-order valence-electron chi connectivity index (χ0n) is 13.1. The quantitative estimate of drug-likeness (QED) is 0.825. The highest BCUT2D eigenvalue weighted by atomic mass is 35.5. The van der Waals surface area contributed by atoms with Crippen LogP contribution in [0, 0.1) is 0 Å². The van der Waals surface area contributed by atoms with Crippen LogP contribution in [0.4, 0.5) is 0 Å². The molecule has 4 heteroatoms. The fourth-order valence-electron chi connectivity index (χ4n) is 2.69. The summed E-state index contributed by atoms with van der Waals surface area (Å²) in [6.45, 7) is 3.10. The van der Waals surface area contributed by atoms with E-state index in [9.17, 15) is 0 Å². The minimum absolute atomic E-state index is 0.360. The SMILES string of the molecule is Clc1cc(CNC[C@@H]2CCCO2)ccc1OCc1ccccc1. The molecule has 2 aromatic rings. The van der Waals surface area contributed by atoms with Crippen LogP contribution in [0.3, 0.4) is 0 Å². The Labute approximate surface area is 142 Å². The summed E-state index contributed by atoms with van der Waals surface area (Å²) in [5.74, 6) is 0.721. The van der Waals surface area contributed by atoms with Crippen LogP contribution in [-0.2, 0) is 17.9 Å². The first-order valence-electron chi connectivity index (χ1n) is 8.09. The summed E-state index contributed by atoms with van der Waals surface area (Å²) in [5, 5.41) is 4.07. The summed E-state index contributed by atoms with van der Waals surface area (Å²) in [4.78, 5) is 0. The third kappa shape index (κ3) is 4.96. The van der Waals surface area contributed by atoms with E-state index in [1.54, 1.807) is 0 Å². The Kier molecular flexibility index (Phi) is 5.92. The second-order valence-electron chi connectivity index (χ2n) is 5.80. The maximum absolute atomic E-state index is 6.32. The zero-order valence-corrected chi connectivity index (χ0v) is 13.9. The number of halogens is 1. The van der Waals surface area contributed by atoms with Gasteiger partial charge in [0.05, 0.1) is 11.1 Å². The largest absolute Gasteiger partial charge is 0.487 e. The molecule has 1 heterocycles. The second-order valence-corrected chi connectivity index (χ2v) is 6.21. The zero-order chi connectivity index (χ0) is 15.9. The number of hydrogen-bond acceptors (Lipinski definition) is 3. The van der Waals surface area contributed by atoms with E-state index in [4.69, 9.17) is 21.1 Å². The van der Waals surface area contributed by atoms with Gasteiger partial charge in [-0.3, -0.25) is 0 Å². The lowest BCUT2D eigenvalue weighted by Gasteiger charge is -2.12. The fourth-order valence-corrected chi connectivity index (χ4v) is 2.95. The molecule has 1 N–H and O–H groups in total. The van der Waals surface area contributed by atoms with E-state index in [1.165, 1.54) is 6.42 Å². The van der Waals surface area contributed by atoms with Crippen molar-refractivity contribution in [2.75, 3.05) is 13.2 Å². The van der Waals surface area contributed by atoms with E-state index in [1.807, 2.05) is 42.5 Å². The van der Waals surface area contributed by atoms with Crippen LogP contribution in [0.5, 0.6) is 5.75 Å². The van der Waals surface area contributed by atoms with Gasteiger partial charge < -0.3 is 14.8 Å². The van der Waals surface area contributed by atoms with Crippen LogP contribution >= 0.6 is 11.6 Å². The average Bonchev–Trinajstić information content (AvgIpc) is 3.08. The van der Waals surface area contributed by atoms with E-state index in [0.29, 0.717) is 17.7 Å². The van der Waals surface area contributed by atoms with Gasteiger partial charge in [0.2, 0.25) is 0 Å². The summed E-state index contributed by atoms with van der Waals surface area (Å²) >= 11 is 6.32. The molecule has 2 aromatic carbocycles. The summed E-state index contributed by atoms with van der Waals surface area (Å²) in [6.07, 6.45) is 2.69. The lowest BCUT2D eigenvalue weighted by Crippen LogP contribution is -2.25. The Bertz CT molecular complexity index is 612. The second kappa shape index (κ2) is 8.34. The molecule has 1 aliphatic rings. The average molecular weight is 332 g/mol. The van der Waals surface area contributed by atoms with Crippen molar-refractivity contribution in [3.05, 3.63) is 64.7 Å². The van der Waals surface area contributed by atoms with Gasteiger partial charge in [-0.2, -0.15) is 0 Å². The first-order chi connectivity index (χ1) is 11.3. The van der Waals surface area contributed by atoms with Crippen molar-refractivity contribution >= 4 is 11.6 Å². The van der Waals surface area contributed by atoms with Gasteiger partial charge >= 0.3 is 0 Å². The van der Waals surface area contributed by atoms with Gasteiger partial charge in [-0.1, -0.05) is 48.0 Å². The molecule has 0 unspecified atom stereocenters. The fraction of sp³-hybridized carbons (Fsp3) is 0.368. The van der Waals surface area contributed by atoms with Crippen LogP contribution in [-0.4, -0.2) is 19.3 Å². The molecule has 0 spiro atoms. The number of rotatable bonds is 7. The van der Waals surface area contributed by atoms with E-state index in [-0.39, 0.29) is 0 Å². The smallest absolute Gasteiger partial charge is 0.138 e. The van der Waals surface area contributed by atoms with Gasteiger partial charge in [0.15, 0.2) is 0 Å². The standard InChI is InChI=1S/C19H22ClNO2/c20-18-11-16(12-21-13-17-7-4-10-22-17)8-9-19(18)23-14-15-5-2-1-3-6-15/h1-3,5-6,8-9,11,17,21H,4,7,10,12-14H2/t17-/m0/s1. The normalized spacial score (nSPS) is 17.3. The molecule has 1 atom stereocenters. The van der Waals surface area contributed by atoms with Gasteiger partial charge in [-0.25, -0.2) is 0 Å². The number of ether oxygens (including phenoxy) is 2. The Balaban J connectivity index is 1.49. The molecular weight excluding hydrogens is 310 g/mol. The van der Waals surface area contributed by atoms with Crippen LogP contribution in [0.15, 0.2) is 48.5 Å². The van der Waals surface area contributed by atoms with E-state index in [2.05, 4.69) is 11.4 Å². The molecular formula is C19H22ClNO2. The molecule has 3 rings (SSSR count). The highest BCUT2D eigenvalue weighted by Crippen LogP contribution is 2.26. The molecule has 23 heavy (non-hydrogen) atoms. The van der Waals surface area contributed by atoms with E-state index < -0.39 is 0 Å². The predicted octanol–water partition coefficient (Wildman–Crippen LogP) is 4.19. The predicted molar refractivity (Wildman–Crippen MR) is 92.9 cm³/mol. The number of benzene rings is 2. The van der Waals surface area contributed by atoms with Crippen molar-refractivity contribution in [2.24, 2.45) is 0 Å². The molecule has 1 aliphatic heterocycles. The van der Waals surface area contributed by atoms with E-state index >= 15 is 0 Å². The van der Waals surface area contributed by atoms with Gasteiger partial charge in [0.25, 0.3) is 0 Å². The Morgan fingerprint density at radius 1 is 1.13 bits per heavy atom. The Hall–Kier alpha value is -1.55. The topological polar surface area (TPSA) is 30.5 Å². The minimum Gasteiger partial charge on any atom is -0.487 e. The van der Waals surface area contributed by atoms with Crippen molar-refractivity contribution < 1.29 is 9.47 Å². The molecule has 3 nitrogen and oxygen atoms in total. The van der Waals surface area contributed by atoms with Gasteiger partial charge in [0.1, 0.15) is 12.4 Å². The maximum atomic E-state index is 6.32. The lowest BCUT2D eigenvalue weighted by molar-refractivity contribution is 0.110. The first kappa shape index (κ1) is 16.3. The van der Waals surface area contributed by atoms with Crippen LogP contribution in [0.2, 0.25) is 5.02 Å². The molecule has 1 saturated heterocycles. The van der Waals surface area contributed by atoms with Crippen molar-refractivity contribution in [1.29, 1.82) is 0 Å². The lowest BCUT2D eigenvalue weighted by atomic mass is 10.2. The highest BCUT2D eigenvalue weighted by molar-refractivity contribution is 6.32. The number of nitrogens with one attached hydrogen (secondary N) is 1. The molecule has 0 aromatic heterocycles. The van der Waals surface area contributed by atoms with Crippen molar-refractivity contribution in [3.8, 4) is 5.75 Å². The van der Waals surface area contributed by atoms with Crippen LogP contribution in [0.1, 0.15) is 24.0 Å². The molecule has 0 bridgehead atoms.